The Hall–Kier alpha value is -1.03. The molecule has 0 heterocycles. The molecule has 0 unspecified atom stereocenters. The molecule has 0 spiro atoms. The summed E-state index contributed by atoms with van der Waals surface area (Å²) in [6.07, 6.45) is 0. The Kier molecular flexibility index (Phi) is 5.02. The van der Waals surface area contributed by atoms with Crippen LogP contribution >= 0.6 is 0 Å². The van der Waals surface area contributed by atoms with Crippen molar-refractivity contribution in [1.82, 2.24) is 0 Å². The highest BCUT2D eigenvalue weighted by atomic mass is 28.4. The summed E-state index contributed by atoms with van der Waals surface area (Å²) < 4.78 is 75.5. The first-order valence-electron chi connectivity index (χ1n) is 5.32. The predicted molar refractivity (Wildman–Crippen MR) is 57.1 cm³/mol. The van der Waals surface area contributed by atoms with Crippen LogP contribution in [0.25, 0.3) is 0 Å². The molecule has 19 heavy (non-hydrogen) atoms. The summed E-state index contributed by atoms with van der Waals surface area (Å²) in [5.74, 6) is -10.9. The van der Waals surface area contributed by atoms with E-state index >= 15 is 0 Å². The van der Waals surface area contributed by atoms with E-state index in [1.165, 1.54) is 13.8 Å². The van der Waals surface area contributed by atoms with Crippen molar-refractivity contribution in [2.75, 3.05) is 13.2 Å². The summed E-state index contributed by atoms with van der Waals surface area (Å²) in [5.41, 5.74) is 0. The van der Waals surface area contributed by atoms with Crippen molar-refractivity contribution in [3.05, 3.63) is 29.1 Å². The number of rotatable bonds is 5. The van der Waals surface area contributed by atoms with Crippen LogP contribution in [0.2, 0.25) is 0 Å². The lowest BCUT2D eigenvalue weighted by Gasteiger charge is -2.24. The molecule has 0 radical (unpaired) electrons. The highest BCUT2D eigenvalue weighted by molar-refractivity contribution is 6.74. The highest BCUT2D eigenvalue weighted by Crippen LogP contribution is 2.20. The quantitative estimate of drug-likeness (QED) is 0.388. The van der Waals surface area contributed by atoms with E-state index in [0.717, 1.165) is 0 Å². The van der Waals surface area contributed by atoms with Gasteiger partial charge >= 0.3 is 8.80 Å². The van der Waals surface area contributed by atoms with Crippen molar-refractivity contribution >= 4 is 14.0 Å². The fourth-order valence-corrected chi connectivity index (χ4v) is 3.39. The SMILES string of the molecule is CCO[Si](O)(OCC)c1c(F)c(F)c(F)c(F)c1F. The van der Waals surface area contributed by atoms with E-state index in [-0.39, 0.29) is 13.2 Å². The molecule has 0 saturated carbocycles. The number of halogens is 5. The van der Waals surface area contributed by atoms with Gasteiger partial charge in [0.05, 0.1) is 5.19 Å². The van der Waals surface area contributed by atoms with Crippen LogP contribution in [-0.2, 0) is 8.85 Å². The average Bonchev–Trinajstić information content (AvgIpc) is 2.34. The third kappa shape index (κ3) is 2.78. The van der Waals surface area contributed by atoms with E-state index in [9.17, 15) is 26.7 Å². The average molecular weight is 302 g/mol. The molecule has 1 N–H and O–H groups in total. The first-order valence-corrected chi connectivity index (χ1v) is 7.08. The fraction of sp³-hybridized carbons (Fsp3) is 0.400. The second-order valence-electron chi connectivity index (χ2n) is 3.39. The molecule has 0 aliphatic rings. The zero-order valence-electron chi connectivity index (χ0n) is 10.1. The zero-order valence-corrected chi connectivity index (χ0v) is 11.1. The van der Waals surface area contributed by atoms with Crippen LogP contribution in [0, 0.1) is 29.1 Å². The van der Waals surface area contributed by atoms with Gasteiger partial charge in [-0.3, -0.25) is 0 Å². The largest absolute Gasteiger partial charge is 0.540 e. The third-order valence-corrected chi connectivity index (χ3v) is 4.64. The van der Waals surface area contributed by atoms with Crippen LogP contribution in [0.4, 0.5) is 22.0 Å². The van der Waals surface area contributed by atoms with Crippen LogP contribution < -0.4 is 5.19 Å². The molecule has 0 aliphatic heterocycles. The van der Waals surface area contributed by atoms with Crippen LogP contribution in [-0.4, -0.2) is 26.8 Å². The third-order valence-electron chi connectivity index (χ3n) is 2.21. The van der Waals surface area contributed by atoms with E-state index in [2.05, 4.69) is 0 Å². The Morgan fingerprint density at radius 1 is 0.789 bits per heavy atom. The Morgan fingerprint density at radius 2 is 1.11 bits per heavy atom. The molecule has 3 nitrogen and oxygen atoms in total. The van der Waals surface area contributed by atoms with Crippen molar-refractivity contribution in [1.29, 1.82) is 0 Å². The molecule has 1 rings (SSSR count). The van der Waals surface area contributed by atoms with Crippen molar-refractivity contribution < 1.29 is 35.6 Å². The van der Waals surface area contributed by atoms with Gasteiger partial charge < -0.3 is 13.6 Å². The van der Waals surface area contributed by atoms with Gasteiger partial charge in [0, 0.05) is 13.2 Å². The normalized spacial score (nSPS) is 12.0. The van der Waals surface area contributed by atoms with Crippen molar-refractivity contribution in [3.63, 3.8) is 0 Å². The lowest BCUT2D eigenvalue weighted by molar-refractivity contribution is 0.121. The monoisotopic (exact) mass is 302 g/mol. The van der Waals surface area contributed by atoms with Gasteiger partial charge in [-0.05, 0) is 13.8 Å². The van der Waals surface area contributed by atoms with Gasteiger partial charge in [0.25, 0.3) is 0 Å². The van der Waals surface area contributed by atoms with Gasteiger partial charge in [-0.15, -0.1) is 0 Å². The lowest BCUT2D eigenvalue weighted by Crippen LogP contribution is -2.58. The molecule has 9 heteroatoms. The summed E-state index contributed by atoms with van der Waals surface area (Å²) in [6, 6.07) is 0. The summed E-state index contributed by atoms with van der Waals surface area (Å²) in [5, 5.41) is -1.44. The molecule has 0 amide bonds. The highest BCUT2D eigenvalue weighted by Gasteiger charge is 2.47. The van der Waals surface area contributed by atoms with Crippen LogP contribution in [0.1, 0.15) is 13.8 Å². The summed E-state index contributed by atoms with van der Waals surface area (Å²) in [7, 11) is -4.70. The molecule has 0 fully saturated rings. The zero-order chi connectivity index (χ0) is 14.8. The van der Waals surface area contributed by atoms with Crippen LogP contribution in [0.3, 0.4) is 0 Å². The Labute approximate surface area is 106 Å². The van der Waals surface area contributed by atoms with Crippen molar-refractivity contribution in [3.8, 4) is 0 Å². The molecule has 0 atom stereocenters. The molecule has 1 aromatic rings. The van der Waals surface area contributed by atoms with E-state index < -0.39 is 43.1 Å². The fourth-order valence-electron chi connectivity index (χ4n) is 1.46. The van der Waals surface area contributed by atoms with Gasteiger partial charge in [0.15, 0.2) is 23.3 Å². The maximum Gasteiger partial charge on any atom is 0.540 e. The number of hydrogen-bond acceptors (Lipinski definition) is 3. The number of benzene rings is 1. The Balaban J connectivity index is 3.55. The lowest BCUT2D eigenvalue weighted by atomic mass is 10.3. The van der Waals surface area contributed by atoms with Crippen LogP contribution in [0.5, 0.6) is 0 Å². The van der Waals surface area contributed by atoms with Gasteiger partial charge in [0.1, 0.15) is 0 Å². The minimum Gasteiger partial charge on any atom is -0.386 e. The maximum atomic E-state index is 13.5. The molecule has 108 valence electrons. The first-order chi connectivity index (χ1) is 8.80. The van der Waals surface area contributed by atoms with E-state index in [1.54, 1.807) is 0 Å². The Morgan fingerprint density at radius 3 is 1.42 bits per heavy atom. The molecule has 0 aromatic heterocycles. The molecule has 0 bridgehead atoms. The minimum absolute atomic E-state index is 0.220. The summed E-state index contributed by atoms with van der Waals surface area (Å²) >= 11 is 0. The van der Waals surface area contributed by atoms with Crippen molar-refractivity contribution in [2.45, 2.75) is 13.8 Å². The first kappa shape index (κ1) is 16.0. The van der Waals surface area contributed by atoms with Crippen molar-refractivity contribution in [2.24, 2.45) is 0 Å². The molecule has 0 aliphatic carbocycles. The summed E-state index contributed by atoms with van der Waals surface area (Å²) in [4.78, 5) is 9.94. The Bertz CT molecular complexity index is 448. The van der Waals surface area contributed by atoms with Gasteiger partial charge in [-0.2, -0.15) is 0 Å². The van der Waals surface area contributed by atoms with E-state index in [0.29, 0.717) is 0 Å². The van der Waals surface area contributed by atoms with Gasteiger partial charge in [-0.25, -0.2) is 22.0 Å². The molecule has 0 saturated heterocycles. The van der Waals surface area contributed by atoms with Gasteiger partial charge in [0.2, 0.25) is 5.82 Å². The predicted octanol–water partition coefficient (Wildman–Crippen LogP) is 1.59. The minimum atomic E-state index is -4.70. The van der Waals surface area contributed by atoms with Gasteiger partial charge in [-0.1, -0.05) is 0 Å². The second kappa shape index (κ2) is 5.95. The van der Waals surface area contributed by atoms with E-state index in [4.69, 9.17) is 8.85 Å². The summed E-state index contributed by atoms with van der Waals surface area (Å²) in [6.45, 7) is 2.32. The second-order valence-corrected chi connectivity index (χ2v) is 5.63. The van der Waals surface area contributed by atoms with E-state index in [1.807, 2.05) is 0 Å². The molecule has 1 aromatic carbocycles. The maximum absolute atomic E-state index is 13.5. The smallest absolute Gasteiger partial charge is 0.386 e. The molecular weight excluding hydrogens is 291 g/mol. The topological polar surface area (TPSA) is 38.7 Å². The van der Waals surface area contributed by atoms with Crippen LogP contribution in [0.15, 0.2) is 0 Å². The number of hydrogen-bond donors (Lipinski definition) is 1. The standard InChI is InChI=1S/C10H11F5O3Si/c1-3-17-19(16,18-4-2)10-8(14)6(12)5(11)7(13)9(10)15/h16H,3-4H2,1-2H3. The molecular formula is C10H11F5O3Si.